The Morgan fingerprint density at radius 2 is 1.25 bits per heavy atom. The minimum absolute atomic E-state index is 0.335. The number of carbonyl (C=O) groups excluding carboxylic acids is 4. The maximum atomic E-state index is 11.9. The highest BCUT2D eigenvalue weighted by atomic mass is 16.7. The predicted molar refractivity (Wildman–Crippen MR) is 122 cm³/mol. The Hall–Kier alpha value is -3.99. The van der Waals surface area contributed by atoms with E-state index in [9.17, 15) is 19.2 Å². The van der Waals surface area contributed by atoms with Crippen molar-refractivity contribution in [2.45, 2.75) is 58.4 Å². The topological polar surface area (TPSA) is 137 Å². The molecule has 0 saturated carbocycles. The van der Waals surface area contributed by atoms with E-state index in [4.69, 9.17) is 28.4 Å². The van der Waals surface area contributed by atoms with Gasteiger partial charge in [0.1, 0.15) is 18.5 Å². The summed E-state index contributed by atoms with van der Waals surface area (Å²) in [5.74, 6) is -2.38. The lowest BCUT2D eigenvalue weighted by Crippen LogP contribution is -2.63. The van der Waals surface area contributed by atoms with E-state index in [0.717, 1.165) is 31.9 Å². The number of aromatic nitrogens is 1. The van der Waals surface area contributed by atoms with Gasteiger partial charge >= 0.3 is 23.9 Å². The van der Waals surface area contributed by atoms with Gasteiger partial charge in [0.2, 0.25) is 12.4 Å². The first-order valence-electron chi connectivity index (χ1n) is 11.1. The second-order valence-electron chi connectivity index (χ2n) is 7.95. The third-order valence-electron chi connectivity index (χ3n) is 5.07. The summed E-state index contributed by atoms with van der Waals surface area (Å²) in [5, 5.41) is 0. The number of hydrogen-bond acceptors (Lipinski definition) is 11. The smallest absolute Gasteiger partial charge is 0.303 e. The predicted octanol–water partition coefficient (Wildman–Crippen LogP) is 2.21. The summed E-state index contributed by atoms with van der Waals surface area (Å²) in [6.07, 6.45) is -2.87. The molecule has 2 heterocycles. The van der Waals surface area contributed by atoms with Crippen LogP contribution in [-0.2, 0) is 42.9 Å². The summed E-state index contributed by atoms with van der Waals surface area (Å²) in [5.41, 5.74) is 1.86. The zero-order valence-corrected chi connectivity index (χ0v) is 20.2. The zero-order valence-electron chi connectivity index (χ0n) is 20.2. The molecule has 0 bridgehead atoms. The van der Waals surface area contributed by atoms with Crippen LogP contribution in [0.15, 0.2) is 48.8 Å². The molecule has 1 saturated heterocycles. The first kappa shape index (κ1) is 26.6. The molecule has 0 radical (unpaired) electrons. The van der Waals surface area contributed by atoms with Crippen LogP contribution in [0, 0.1) is 0 Å². The molecular formula is C25H27NO10. The standard InChI is InChI=1S/C25H27NO10/c1-14(27)31-13-21-22(32-15(2)28)23(33-16(3)29)24(34-17(4)30)25(36-21)35-20-7-5-18(6-8-20)19-9-11-26-12-10-19/h5-12,21-25H,13H2,1-4H3/t21-,22-,23+,24+,25+/m1/s1. The molecule has 11 nitrogen and oxygen atoms in total. The molecule has 1 aromatic carbocycles. The van der Waals surface area contributed by atoms with Crippen molar-refractivity contribution in [3.05, 3.63) is 48.8 Å². The number of nitrogens with zero attached hydrogens (tertiary/aromatic N) is 1. The molecular weight excluding hydrogens is 474 g/mol. The maximum Gasteiger partial charge on any atom is 0.303 e. The quantitative estimate of drug-likeness (QED) is 0.389. The van der Waals surface area contributed by atoms with Gasteiger partial charge in [0.05, 0.1) is 0 Å². The third-order valence-corrected chi connectivity index (χ3v) is 5.07. The van der Waals surface area contributed by atoms with Crippen LogP contribution in [0.3, 0.4) is 0 Å². The molecule has 0 N–H and O–H groups in total. The third kappa shape index (κ3) is 7.25. The Kier molecular flexibility index (Phi) is 8.96. The fourth-order valence-corrected chi connectivity index (χ4v) is 3.69. The molecule has 1 fully saturated rings. The van der Waals surface area contributed by atoms with E-state index >= 15 is 0 Å². The van der Waals surface area contributed by atoms with Gasteiger partial charge in [-0.15, -0.1) is 0 Å². The molecule has 1 aliphatic heterocycles. The molecule has 36 heavy (non-hydrogen) atoms. The minimum Gasteiger partial charge on any atom is -0.463 e. The van der Waals surface area contributed by atoms with E-state index in [1.807, 2.05) is 24.3 Å². The number of benzene rings is 1. The number of rotatable bonds is 8. The van der Waals surface area contributed by atoms with Crippen molar-refractivity contribution in [3.63, 3.8) is 0 Å². The maximum absolute atomic E-state index is 11.9. The molecule has 3 rings (SSSR count). The highest BCUT2D eigenvalue weighted by Crippen LogP contribution is 2.31. The van der Waals surface area contributed by atoms with Gasteiger partial charge in [-0.3, -0.25) is 24.2 Å². The highest BCUT2D eigenvalue weighted by Gasteiger charge is 2.53. The van der Waals surface area contributed by atoms with Gasteiger partial charge in [0, 0.05) is 40.1 Å². The molecule has 0 unspecified atom stereocenters. The number of carbonyl (C=O) groups is 4. The second kappa shape index (κ2) is 12.1. The van der Waals surface area contributed by atoms with E-state index < -0.39 is 54.6 Å². The van der Waals surface area contributed by atoms with Gasteiger partial charge in [0.25, 0.3) is 0 Å². The molecule has 5 atom stereocenters. The summed E-state index contributed by atoms with van der Waals surface area (Å²) in [6, 6.07) is 10.7. The molecule has 0 amide bonds. The molecule has 1 aliphatic rings. The summed E-state index contributed by atoms with van der Waals surface area (Å²) in [4.78, 5) is 51.1. The summed E-state index contributed by atoms with van der Waals surface area (Å²) >= 11 is 0. The van der Waals surface area contributed by atoms with Crippen LogP contribution >= 0.6 is 0 Å². The fraction of sp³-hybridized carbons (Fsp3) is 0.400. The van der Waals surface area contributed by atoms with Gasteiger partial charge in [0.15, 0.2) is 12.2 Å². The van der Waals surface area contributed by atoms with Crippen molar-refractivity contribution in [3.8, 4) is 16.9 Å². The van der Waals surface area contributed by atoms with E-state index in [1.165, 1.54) is 6.92 Å². The van der Waals surface area contributed by atoms with E-state index in [-0.39, 0.29) is 6.61 Å². The normalized spacial score (nSPS) is 23.2. The van der Waals surface area contributed by atoms with Gasteiger partial charge in [-0.05, 0) is 35.4 Å². The molecule has 0 spiro atoms. The Morgan fingerprint density at radius 3 is 1.81 bits per heavy atom. The van der Waals surface area contributed by atoms with Crippen molar-refractivity contribution in [2.24, 2.45) is 0 Å². The van der Waals surface area contributed by atoms with Crippen LogP contribution in [0.4, 0.5) is 0 Å². The SMILES string of the molecule is CC(=O)OC[C@H]1O[C@H](Oc2ccc(-c3ccncc3)cc2)[C@@H](OC(C)=O)[C@@H](OC(C)=O)[C@@H]1OC(C)=O. The average molecular weight is 501 g/mol. The van der Waals surface area contributed by atoms with Crippen molar-refractivity contribution >= 4 is 23.9 Å². The van der Waals surface area contributed by atoms with Crippen molar-refractivity contribution in [1.29, 1.82) is 0 Å². The van der Waals surface area contributed by atoms with Crippen LogP contribution in [0.2, 0.25) is 0 Å². The molecule has 11 heteroatoms. The molecule has 2 aromatic rings. The van der Waals surface area contributed by atoms with E-state index in [1.54, 1.807) is 24.5 Å². The number of pyridine rings is 1. The van der Waals surface area contributed by atoms with Crippen molar-refractivity contribution in [2.75, 3.05) is 6.61 Å². The number of ether oxygens (including phenoxy) is 6. The van der Waals surface area contributed by atoms with Crippen LogP contribution in [-0.4, -0.2) is 66.2 Å². The number of esters is 4. The van der Waals surface area contributed by atoms with Crippen molar-refractivity contribution in [1.82, 2.24) is 4.98 Å². The Labute approximate surface area is 207 Å². The first-order chi connectivity index (χ1) is 17.1. The molecule has 0 aliphatic carbocycles. The van der Waals surface area contributed by atoms with Crippen LogP contribution in [0.5, 0.6) is 5.75 Å². The number of hydrogen-bond donors (Lipinski definition) is 0. The fourth-order valence-electron chi connectivity index (χ4n) is 3.69. The van der Waals surface area contributed by atoms with Crippen LogP contribution < -0.4 is 4.74 Å². The molecule has 1 aromatic heterocycles. The highest BCUT2D eigenvalue weighted by molar-refractivity contribution is 5.69. The van der Waals surface area contributed by atoms with Crippen LogP contribution in [0.1, 0.15) is 27.7 Å². The van der Waals surface area contributed by atoms with Crippen molar-refractivity contribution < 1.29 is 47.6 Å². The van der Waals surface area contributed by atoms with Crippen LogP contribution in [0.25, 0.3) is 11.1 Å². The summed E-state index contributed by atoms with van der Waals surface area (Å²) in [6.45, 7) is 4.34. The van der Waals surface area contributed by atoms with Gasteiger partial charge in [-0.1, -0.05) is 12.1 Å². The lowest BCUT2D eigenvalue weighted by atomic mass is 9.98. The van der Waals surface area contributed by atoms with Gasteiger partial charge in [-0.25, -0.2) is 0 Å². The van der Waals surface area contributed by atoms with E-state index in [0.29, 0.717) is 5.75 Å². The lowest BCUT2D eigenvalue weighted by molar-refractivity contribution is -0.288. The summed E-state index contributed by atoms with van der Waals surface area (Å²) < 4.78 is 33.1. The zero-order chi connectivity index (χ0) is 26.2. The Bertz CT molecular complexity index is 1070. The second-order valence-corrected chi connectivity index (χ2v) is 7.95. The average Bonchev–Trinajstić information content (AvgIpc) is 2.82. The monoisotopic (exact) mass is 501 g/mol. The Morgan fingerprint density at radius 1 is 0.722 bits per heavy atom. The molecule has 192 valence electrons. The Balaban J connectivity index is 1.92. The van der Waals surface area contributed by atoms with Gasteiger partial charge < -0.3 is 28.4 Å². The van der Waals surface area contributed by atoms with Gasteiger partial charge in [-0.2, -0.15) is 0 Å². The minimum atomic E-state index is -1.30. The first-order valence-corrected chi connectivity index (χ1v) is 11.1. The van der Waals surface area contributed by atoms with E-state index in [2.05, 4.69) is 4.98 Å². The summed E-state index contributed by atoms with van der Waals surface area (Å²) in [7, 11) is 0. The largest absolute Gasteiger partial charge is 0.463 e. The lowest BCUT2D eigenvalue weighted by Gasteiger charge is -2.43.